The van der Waals surface area contributed by atoms with Crippen molar-refractivity contribution >= 4 is 0 Å². The number of hydrogen-bond acceptors (Lipinski definition) is 2. The van der Waals surface area contributed by atoms with Crippen molar-refractivity contribution in [1.29, 1.82) is 0 Å². The van der Waals surface area contributed by atoms with Gasteiger partial charge in [0.2, 0.25) is 0 Å². The summed E-state index contributed by atoms with van der Waals surface area (Å²) in [5.74, 6) is 0. The van der Waals surface area contributed by atoms with E-state index in [0.717, 1.165) is 23.5 Å². The lowest BCUT2D eigenvalue weighted by atomic mass is 10.1. The van der Waals surface area contributed by atoms with Crippen LogP contribution < -0.4 is 5.73 Å². The normalized spacial score (nSPS) is 10.7. The molecule has 0 amide bonds. The summed E-state index contributed by atoms with van der Waals surface area (Å²) in [4.78, 5) is 0. The van der Waals surface area contributed by atoms with Gasteiger partial charge in [-0.25, -0.2) is 4.68 Å². The lowest BCUT2D eigenvalue weighted by Gasteiger charge is -2.06. The molecule has 1 aromatic heterocycles. The summed E-state index contributed by atoms with van der Waals surface area (Å²) in [7, 11) is 0. The number of benzene rings is 1. The second-order valence-electron chi connectivity index (χ2n) is 4.05. The third-order valence-corrected chi connectivity index (χ3v) is 2.60. The van der Waals surface area contributed by atoms with Crippen molar-refractivity contribution in [2.75, 3.05) is 6.54 Å². The van der Waals surface area contributed by atoms with Gasteiger partial charge >= 0.3 is 0 Å². The standard InChI is InChI=1S/C13H17N3/c1-10-8-11(2)16(15-10)13-5-3-4-12(9-13)6-7-14/h3-5,8-9H,6-7,14H2,1-2H3. The van der Waals surface area contributed by atoms with Gasteiger partial charge in [0, 0.05) is 5.69 Å². The molecule has 0 aliphatic rings. The molecule has 0 aliphatic heterocycles. The summed E-state index contributed by atoms with van der Waals surface area (Å²) in [6.45, 7) is 4.75. The molecule has 0 saturated carbocycles. The van der Waals surface area contributed by atoms with Gasteiger partial charge in [-0.1, -0.05) is 12.1 Å². The van der Waals surface area contributed by atoms with Crippen molar-refractivity contribution in [3.63, 3.8) is 0 Å². The minimum absolute atomic E-state index is 0.681. The Morgan fingerprint density at radius 1 is 1.25 bits per heavy atom. The fourth-order valence-electron chi connectivity index (χ4n) is 1.90. The molecule has 0 saturated heterocycles. The fraction of sp³-hybridized carbons (Fsp3) is 0.308. The first kappa shape index (κ1) is 10.9. The Morgan fingerprint density at radius 3 is 2.69 bits per heavy atom. The zero-order valence-electron chi connectivity index (χ0n) is 9.77. The maximum absolute atomic E-state index is 5.56. The second-order valence-corrected chi connectivity index (χ2v) is 4.05. The highest BCUT2D eigenvalue weighted by atomic mass is 15.3. The quantitative estimate of drug-likeness (QED) is 0.851. The Bertz CT molecular complexity index is 486. The van der Waals surface area contributed by atoms with Crippen molar-refractivity contribution in [2.45, 2.75) is 20.3 Å². The minimum atomic E-state index is 0.681. The van der Waals surface area contributed by atoms with Crippen LogP contribution in [0, 0.1) is 13.8 Å². The molecule has 2 rings (SSSR count). The van der Waals surface area contributed by atoms with E-state index in [1.54, 1.807) is 0 Å². The lowest BCUT2D eigenvalue weighted by molar-refractivity contribution is 0.830. The fourth-order valence-corrected chi connectivity index (χ4v) is 1.90. The van der Waals surface area contributed by atoms with Crippen molar-refractivity contribution in [3.05, 3.63) is 47.3 Å². The van der Waals surface area contributed by atoms with E-state index in [0.29, 0.717) is 6.54 Å². The van der Waals surface area contributed by atoms with E-state index >= 15 is 0 Å². The van der Waals surface area contributed by atoms with Crippen LogP contribution in [0.5, 0.6) is 0 Å². The molecule has 0 aliphatic carbocycles. The molecule has 0 atom stereocenters. The molecule has 2 N–H and O–H groups in total. The summed E-state index contributed by atoms with van der Waals surface area (Å²) >= 11 is 0. The molecule has 0 bridgehead atoms. The van der Waals surface area contributed by atoms with Gasteiger partial charge in [0.05, 0.1) is 11.4 Å². The van der Waals surface area contributed by atoms with Crippen molar-refractivity contribution in [2.24, 2.45) is 5.73 Å². The zero-order valence-corrected chi connectivity index (χ0v) is 9.77. The maximum Gasteiger partial charge on any atom is 0.0651 e. The highest BCUT2D eigenvalue weighted by molar-refractivity contribution is 5.37. The Morgan fingerprint density at radius 2 is 2.06 bits per heavy atom. The summed E-state index contributed by atoms with van der Waals surface area (Å²) in [5.41, 5.74) is 10.1. The molecule has 84 valence electrons. The van der Waals surface area contributed by atoms with Crippen molar-refractivity contribution in [1.82, 2.24) is 9.78 Å². The third kappa shape index (κ3) is 2.14. The topological polar surface area (TPSA) is 43.8 Å². The van der Waals surface area contributed by atoms with Gasteiger partial charge in [0.15, 0.2) is 0 Å². The van der Waals surface area contributed by atoms with Crippen LogP contribution in [-0.4, -0.2) is 16.3 Å². The Kier molecular flexibility index (Phi) is 3.06. The first-order chi connectivity index (χ1) is 7.70. The van der Waals surface area contributed by atoms with E-state index in [4.69, 9.17) is 5.73 Å². The van der Waals surface area contributed by atoms with Crippen LogP contribution in [-0.2, 0) is 6.42 Å². The summed E-state index contributed by atoms with van der Waals surface area (Å²) in [6, 6.07) is 10.4. The number of aryl methyl sites for hydroxylation is 2. The first-order valence-corrected chi connectivity index (χ1v) is 5.53. The summed E-state index contributed by atoms with van der Waals surface area (Å²) < 4.78 is 1.97. The van der Waals surface area contributed by atoms with Crippen LogP contribution in [0.3, 0.4) is 0 Å². The monoisotopic (exact) mass is 215 g/mol. The molecule has 0 fully saturated rings. The van der Waals surface area contributed by atoms with Crippen molar-refractivity contribution in [3.8, 4) is 5.69 Å². The zero-order chi connectivity index (χ0) is 11.5. The van der Waals surface area contributed by atoms with E-state index in [1.807, 2.05) is 11.6 Å². The van der Waals surface area contributed by atoms with Crippen LogP contribution in [0.2, 0.25) is 0 Å². The summed E-state index contributed by atoms with van der Waals surface area (Å²) in [5, 5.41) is 4.47. The van der Waals surface area contributed by atoms with Crippen LogP contribution in [0.4, 0.5) is 0 Å². The number of nitrogens with zero attached hydrogens (tertiary/aromatic N) is 2. The number of nitrogens with two attached hydrogens (primary N) is 1. The first-order valence-electron chi connectivity index (χ1n) is 5.53. The Labute approximate surface area is 95.9 Å². The molecule has 2 aromatic rings. The van der Waals surface area contributed by atoms with E-state index in [9.17, 15) is 0 Å². The van der Waals surface area contributed by atoms with Crippen molar-refractivity contribution < 1.29 is 0 Å². The lowest BCUT2D eigenvalue weighted by Crippen LogP contribution is -2.04. The average Bonchev–Trinajstić information content (AvgIpc) is 2.59. The average molecular weight is 215 g/mol. The third-order valence-electron chi connectivity index (χ3n) is 2.60. The molecule has 1 aromatic carbocycles. The van der Waals surface area contributed by atoms with E-state index in [-0.39, 0.29) is 0 Å². The van der Waals surface area contributed by atoms with Crippen LogP contribution in [0.15, 0.2) is 30.3 Å². The second kappa shape index (κ2) is 4.49. The largest absolute Gasteiger partial charge is 0.330 e. The van der Waals surface area contributed by atoms with Gasteiger partial charge in [-0.15, -0.1) is 0 Å². The highest BCUT2D eigenvalue weighted by Crippen LogP contribution is 2.13. The molecule has 0 spiro atoms. The Hall–Kier alpha value is -1.61. The van der Waals surface area contributed by atoms with Gasteiger partial charge in [-0.05, 0) is 50.6 Å². The van der Waals surface area contributed by atoms with Gasteiger partial charge in [0.1, 0.15) is 0 Å². The van der Waals surface area contributed by atoms with E-state index < -0.39 is 0 Å². The van der Waals surface area contributed by atoms with Gasteiger partial charge in [-0.3, -0.25) is 0 Å². The highest BCUT2D eigenvalue weighted by Gasteiger charge is 2.03. The maximum atomic E-state index is 5.56. The molecule has 0 radical (unpaired) electrons. The SMILES string of the molecule is Cc1cc(C)n(-c2cccc(CCN)c2)n1. The van der Waals surface area contributed by atoms with Crippen LogP contribution >= 0.6 is 0 Å². The van der Waals surface area contributed by atoms with Gasteiger partial charge in [-0.2, -0.15) is 5.10 Å². The number of rotatable bonds is 3. The minimum Gasteiger partial charge on any atom is -0.330 e. The Balaban J connectivity index is 2.40. The summed E-state index contributed by atoms with van der Waals surface area (Å²) in [6.07, 6.45) is 0.910. The smallest absolute Gasteiger partial charge is 0.0651 e. The van der Waals surface area contributed by atoms with Gasteiger partial charge in [0.25, 0.3) is 0 Å². The molecular formula is C13H17N3. The number of aromatic nitrogens is 2. The van der Waals surface area contributed by atoms with E-state index in [1.165, 1.54) is 5.56 Å². The molecular weight excluding hydrogens is 198 g/mol. The molecule has 0 unspecified atom stereocenters. The molecule has 1 heterocycles. The molecule has 3 heteroatoms. The number of hydrogen-bond donors (Lipinski definition) is 1. The predicted octanol–water partition coefficient (Wildman–Crippen LogP) is 1.99. The molecule has 16 heavy (non-hydrogen) atoms. The van der Waals surface area contributed by atoms with Crippen LogP contribution in [0.1, 0.15) is 17.0 Å². The van der Waals surface area contributed by atoms with E-state index in [2.05, 4.69) is 42.4 Å². The van der Waals surface area contributed by atoms with Gasteiger partial charge < -0.3 is 5.73 Å². The van der Waals surface area contributed by atoms with Crippen LogP contribution in [0.25, 0.3) is 5.69 Å². The predicted molar refractivity (Wildman–Crippen MR) is 65.8 cm³/mol. The molecule has 3 nitrogen and oxygen atoms in total.